The average Bonchev–Trinajstić information content (AvgIpc) is 2.82. The molecule has 1 saturated heterocycles. The fourth-order valence-electron chi connectivity index (χ4n) is 3.74. The molecule has 0 radical (unpaired) electrons. The fraction of sp³-hybridized carbons (Fsp3) is 0.625. The zero-order valence-electron chi connectivity index (χ0n) is 11.6. The Labute approximate surface area is 114 Å². The largest absolute Gasteiger partial charge is 0.366 e. The van der Waals surface area contributed by atoms with Crippen LogP contribution in [0.1, 0.15) is 50.6 Å². The second-order valence-corrected chi connectivity index (χ2v) is 6.09. The molecule has 1 aromatic carbocycles. The molecule has 3 atom stereocenters. The Morgan fingerprint density at radius 1 is 1.26 bits per heavy atom. The van der Waals surface area contributed by atoms with Crippen molar-refractivity contribution in [3.05, 3.63) is 29.6 Å². The topological polar surface area (TPSA) is 29.3 Å². The second-order valence-electron chi connectivity index (χ2n) is 6.09. The van der Waals surface area contributed by atoms with Gasteiger partial charge in [0.15, 0.2) is 0 Å². The second kappa shape index (κ2) is 5.12. The lowest BCUT2D eigenvalue weighted by Gasteiger charge is -2.33. The molecule has 0 amide bonds. The van der Waals surface area contributed by atoms with E-state index in [0.29, 0.717) is 6.04 Å². The van der Waals surface area contributed by atoms with Gasteiger partial charge < -0.3 is 10.6 Å². The molecule has 2 nitrogen and oxygen atoms in total. The van der Waals surface area contributed by atoms with E-state index >= 15 is 0 Å². The van der Waals surface area contributed by atoms with Gasteiger partial charge >= 0.3 is 0 Å². The van der Waals surface area contributed by atoms with Gasteiger partial charge in [0, 0.05) is 18.6 Å². The van der Waals surface area contributed by atoms with Crippen molar-refractivity contribution in [1.29, 1.82) is 0 Å². The normalized spacial score (nSPS) is 28.3. The third-order valence-electron chi connectivity index (χ3n) is 4.82. The summed E-state index contributed by atoms with van der Waals surface area (Å²) in [6.45, 7) is 2.89. The van der Waals surface area contributed by atoms with Crippen molar-refractivity contribution in [2.24, 2.45) is 11.7 Å². The number of hydrogen-bond donors (Lipinski definition) is 1. The Kier molecular flexibility index (Phi) is 3.48. The molecule has 0 aromatic heterocycles. The van der Waals surface area contributed by atoms with Crippen molar-refractivity contribution in [3.8, 4) is 0 Å². The van der Waals surface area contributed by atoms with Crippen molar-refractivity contribution < 1.29 is 4.39 Å². The minimum Gasteiger partial charge on any atom is -0.366 e. The molecule has 1 heterocycles. The summed E-state index contributed by atoms with van der Waals surface area (Å²) in [5.41, 5.74) is 7.46. The Hall–Kier alpha value is -1.09. The van der Waals surface area contributed by atoms with Crippen LogP contribution in [0.2, 0.25) is 0 Å². The molecule has 1 aliphatic carbocycles. The van der Waals surface area contributed by atoms with Crippen LogP contribution in [0, 0.1) is 11.7 Å². The van der Waals surface area contributed by atoms with E-state index in [2.05, 4.69) is 4.90 Å². The number of anilines is 1. The number of halogens is 1. The maximum absolute atomic E-state index is 14.3. The van der Waals surface area contributed by atoms with Crippen molar-refractivity contribution >= 4 is 5.69 Å². The van der Waals surface area contributed by atoms with E-state index in [4.69, 9.17) is 5.73 Å². The quantitative estimate of drug-likeness (QED) is 0.882. The van der Waals surface area contributed by atoms with Crippen molar-refractivity contribution in [1.82, 2.24) is 0 Å². The third kappa shape index (κ3) is 2.36. The summed E-state index contributed by atoms with van der Waals surface area (Å²) in [6.07, 6.45) is 6.40. The van der Waals surface area contributed by atoms with Gasteiger partial charge in [0.2, 0.25) is 0 Å². The van der Waals surface area contributed by atoms with Gasteiger partial charge in [-0.15, -0.1) is 0 Å². The van der Waals surface area contributed by atoms with Crippen LogP contribution in [-0.4, -0.2) is 12.6 Å². The number of rotatable bonds is 2. The highest BCUT2D eigenvalue weighted by Crippen LogP contribution is 2.39. The van der Waals surface area contributed by atoms with Crippen molar-refractivity contribution in [3.63, 3.8) is 0 Å². The first-order chi connectivity index (χ1) is 9.16. The molecule has 3 rings (SSSR count). The fourth-order valence-corrected chi connectivity index (χ4v) is 3.74. The number of nitrogens with zero attached hydrogens (tertiary/aromatic N) is 1. The zero-order chi connectivity index (χ0) is 13.4. The SMILES string of the molecule is C[C@H](N)c1ccc(N2CCC3CCCCC32)c(F)c1. The monoisotopic (exact) mass is 262 g/mol. The zero-order valence-corrected chi connectivity index (χ0v) is 11.6. The summed E-state index contributed by atoms with van der Waals surface area (Å²) in [5.74, 6) is 0.669. The Morgan fingerprint density at radius 2 is 2.05 bits per heavy atom. The van der Waals surface area contributed by atoms with Crippen LogP contribution >= 0.6 is 0 Å². The standard InChI is InChI=1S/C16H23FN2/c1-11(18)13-6-7-16(14(17)10-13)19-9-8-12-4-2-3-5-15(12)19/h6-7,10-12,15H,2-5,8-9,18H2,1H3/t11-,12?,15?/m0/s1. The number of fused-ring (bicyclic) bond motifs is 1. The van der Waals surface area contributed by atoms with Crippen molar-refractivity contribution in [2.45, 2.75) is 51.1 Å². The molecule has 2 unspecified atom stereocenters. The lowest BCUT2D eigenvalue weighted by atomic mass is 9.85. The molecular formula is C16H23FN2. The van der Waals surface area contributed by atoms with Gasteiger partial charge in [-0.25, -0.2) is 4.39 Å². The molecule has 2 aliphatic rings. The number of nitrogens with two attached hydrogens (primary N) is 1. The van der Waals surface area contributed by atoms with Gasteiger partial charge in [-0.1, -0.05) is 18.9 Å². The maximum Gasteiger partial charge on any atom is 0.146 e. The Morgan fingerprint density at radius 3 is 2.79 bits per heavy atom. The van der Waals surface area contributed by atoms with Gasteiger partial charge in [0.1, 0.15) is 5.82 Å². The number of benzene rings is 1. The lowest BCUT2D eigenvalue weighted by Crippen LogP contribution is -2.35. The van der Waals surface area contributed by atoms with E-state index < -0.39 is 0 Å². The molecule has 104 valence electrons. The van der Waals surface area contributed by atoms with Gasteiger partial charge in [0.25, 0.3) is 0 Å². The minimum atomic E-state index is -0.110. The lowest BCUT2D eigenvalue weighted by molar-refractivity contribution is 0.341. The van der Waals surface area contributed by atoms with Crippen LogP contribution in [0.3, 0.4) is 0 Å². The molecule has 0 spiro atoms. The van der Waals surface area contributed by atoms with Crippen LogP contribution in [0.5, 0.6) is 0 Å². The molecule has 2 N–H and O–H groups in total. The van der Waals surface area contributed by atoms with E-state index in [-0.39, 0.29) is 11.9 Å². The molecule has 1 aromatic rings. The molecule has 3 heteroatoms. The molecule has 1 saturated carbocycles. The van der Waals surface area contributed by atoms with Gasteiger partial charge in [-0.05, 0) is 49.8 Å². The van der Waals surface area contributed by atoms with Gasteiger partial charge in [0.05, 0.1) is 5.69 Å². The average molecular weight is 262 g/mol. The smallest absolute Gasteiger partial charge is 0.146 e. The first kappa shape index (κ1) is 12.9. The molecule has 2 fully saturated rings. The summed E-state index contributed by atoms with van der Waals surface area (Å²) >= 11 is 0. The first-order valence-electron chi connectivity index (χ1n) is 7.48. The van der Waals surface area contributed by atoms with E-state index in [1.807, 2.05) is 19.1 Å². The highest BCUT2D eigenvalue weighted by atomic mass is 19.1. The predicted octanol–water partition coefficient (Wildman–Crippen LogP) is 3.61. The molecule has 1 aliphatic heterocycles. The molecule has 0 bridgehead atoms. The summed E-state index contributed by atoms with van der Waals surface area (Å²) < 4.78 is 14.3. The summed E-state index contributed by atoms with van der Waals surface area (Å²) in [7, 11) is 0. The van der Waals surface area contributed by atoms with Crippen molar-refractivity contribution in [2.75, 3.05) is 11.4 Å². The minimum absolute atomic E-state index is 0.107. The van der Waals surface area contributed by atoms with E-state index in [1.165, 1.54) is 32.1 Å². The molecular weight excluding hydrogens is 239 g/mol. The van der Waals surface area contributed by atoms with Crippen LogP contribution in [0.25, 0.3) is 0 Å². The van der Waals surface area contributed by atoms with E-state index in [1.54, 1.807) is 6.07 Å². The third-order valence-corrected chi connectivity index (χ3v) is 4.82. The summed E-state index contributed by atoms with van der Waals surface area (Å²) in [6, 6.07) is 5.95. The van der Waals surface area contributed by atoms with E-state index in [0.717, 1.165) is 23.7 Å². The predicted molar refractivity (Wildman–Crippen MR) is 76.7 cm³/mol. The van der Waals surface area contributed by atoms with Gasteiger partial charge in [-0.2, -0.15) is 0 Å². The van der Waals surface area contributed by atoms with E-state index in [9.17, 15) is 4.39 Å². The Bertz CT molecular complexity index is 458. The van der Waals surface area contributed by atoms with Crippen LogP contribution in [0.4, 0.5) is 10.1 Å². The maximum atomic E-state index is 14.3. The Balaban J connectivity index is 1.86. The first-order valence-corrected chi connectivity index (χ1v) is 7.48. The summed E-state index contributed by atoms with van der Waals surface area (Å²) in [4.78, 5) is 2.30. The van der Waals surface area contributed by atoms with Crippen LogP contribution < -0.4 is 10.6 Å². The number of hydrogen-bond acceptors (Lipinski definition) is 2. The highest BCUT2D eigenvalue weighted by Gasteiger charge is 2.36. The van der Waals surface area contributed by atoms with Gasteiger partial charge in [-0.3, -0.25) is 0 Å². The summed E-state index contributed by atoms with van der Waals surface area (Å²) in [5, 5.41) is 0. The molecule has 19 heavy (non-hydrogen) atoms. The van der Waals surface area contributed by atoms with Crippen LogP contribution in [0.15, 0.2) is 18.2 Å². The van der Waals surface area contributed by atoms with Crippen LogP contribution in [-0.2, 0) is 0 Å². The highest BCUT2D eigenvalue weighted by molar-refractivity contribution is 5.51.